The van der Waals surface area contributed by atoms with E-state index in [0.29, 0.717) is 6.61 Å². The average Bonchev–Trinajstić information content (AvgIpc) is 3.08. The lowest BCUT2D eigenvalue weighted by Gasteiger charge is -2.14. The van der Waals surface area contributed by atoms with Crippen molar-refractivity contribution in [2.24, 2.45) is 0 Å². The molecule has 1 aliphatic carbocycles. The summed E-state index contributed by atoms with van der Waals surface area (Å²) in [6.07, 6.45) is 0. The Hall–Kier alpha value is -3.16. The van der Waals surface area contributed by atoms with Gasteiger partial charge in [-0.25, -0.2) is 0 Å². The third-order valence-electron chi connectivity index (χ3n) is 5.33. The van der Waals surface area contributed by atoms with Gasteiger partial charge in [0.15, 0.2) is 0 Å². The minimum Gasteiger partial charge on any atom is -0.380 e. The Balaban J connectivity index is 1.93. The Labute approximate surface area is 159 Å². The normalized spacial score (nSPS) is 12.8. The second kappa shape index (κ2) is 6.53. The Morgan fingerprint density at radius 1 is 0.630 bits per heavy atom. The molecule has 0 radical (unpaired) electrons. The van der Waals surface area contributed by atoms with Crippen molar-refractivity contribution in [1.82, 2.24) is 0 Å². The van der Waals surface area contributed by atoms with Gasteiger partial charge < -0.3 is 4.74 Å². The van der Waals surface area contributed by atoms with Crippen molar-refractivity contribution in [3.8, 4) is 0 Å². The Kier molecular flexibility index (Phi) is 3.88. The van der Waals surface area contributed by atoms with Gasteiger partial charge in [-0.1, -0.05) is 91.0 Å². The van der Waals surface area contributed by atoms with Crippen LogP contribution < -0.4 is 0 Å². The van der Waals surface area contributed by atoms with Crippen LogP contribution in [0.2, 0.25) is 0 Å². The molecule has 0 bridgehead atoms. The Morgan fingerprint density at radius 3 is 1.96 bits per heavy atom. The maximum atomic E-state index is 5.55. The molecule has 1 nitrogen and oxygen atoms in total. The summed E-state index contributed by atoms with van der Waals surface area (Å²) in [4.78, 5) is 0. The predicted octanol–water partition coefficient (Wildman–Crippen LogP) is 6.31. The number of ether oxygens (including phenoxy) is 1. The summed E-state index contributed by atoms with van der Waals surface area (Å²) in [6.45, 7) is 0.609. The molecule has 0 fully saturated rings. The first-order valence-electron chi connectivity index (χ1n) is 9.28. The monoisotopic (exact) mass is 348 g/mol. The van der Waals surface area contributed by atoms with E-state index < -0.39 is 0 Å². The van der Waals surface area contributed by atoms with Gasteiger partial charge >= 0.3 is 0 Å². The van der Waals surface area contributed by atoms with Gasteiger partial charge in [0.25, 0.3) is 0 Å². The van der Waals surface area contributed by atoms with Gasteiger partial charge in [0, 0.05) is 7.11 Å². The Morgan fingerprint density at radius 2 is 1.30 bits per heavy atom. The first-order valence-corrected chi connectivity index (χ1v) is 9.28. The van der Waals surface area contributed by atoms with Crippen molar-refractivity contribution in [1.29, 1.82) is 0 Å². The van der Waals surface area contributed by atoms with Crippen LogP contribution in [-0.2, 0) is 11.3 Å². The second-order valence-electron chi connectivity index (χ2n) is 6.92. The van der Waals surface area contributed by atoms with Gasteiger partial charge in [0.2, 0.25) is 0 Å². The molecule has 0 aliphatic heterocycles. The lowest BCUT2D eigenvalue weighted by Crippen LogP contribution is -1.96. The highest BCUT2D eigenvalue weighted by Gasteiger charge is 2.28. The summed E-state index contributed by atoms with van der Waals surface area (Å²) in [5, 5.41) is 2.62. The van der Waals surface area contributed by atoms with Crippen LogP contribution in [0.3, 0.4) is 0 Å². The maximum Gasteiger partial charge on any atom is 0.0719 e. The zero-order chi connectivity index (χ0) is 18.2. The van der Waals surface area contributed by atoms with E-state index in [2.05, 4.69) is 91.0 Å². The van der Waals surface area contributed by atoms with Crippen molar-refractivity contribution in [3.63, 3.8) is 0 Å². The molecule has 0 atom stereocenters. The lowest BCUT2D eigenvalue weighted by atomic mass is 9.91. The van der Waals surface area contributed by atoms with E-state index in [-0.39, 0.29) is 0 Å². The molecule has 27 heavy (non-hydrogen) atoms. The van der Waals surface area contributed by atoms with Crippen LogP contribution in [0, 0.1) is 0 Å². The number of hydrogen-bond acceptors (Lipinski definition) is 1. The van der Waals surface area contributed by atoms with Crippen molar-refractivity contribution in [2.45, 2.75) is 6.61 Å². The first-order chi connectivity index (χ1) is 13.4. The molecule has 0 heterocycles. The summed E-state index contributed by atoms with van der Waals surface area (Å²) < 4.78 is 5.55. The van der Waals surface area contributed by atoms with E-state index >= 15 is 0 Å². The van der Waals surface area contributed by atoms with Crippen molar-refractivity contribution >= 4 is 21.9 Å². The van der Waals surface area contributed by atoms with Crippen LogP contribution in [0.5, 0.6) is 0 Å². The van der Waals surface area contributed by atoms with Crippen LogP contribution in [0.15, 0.2) is 91.0 Å². The minimum atomic E-state index is 0.609. The van der Waals surface area contributed by atoms with Gasteiger partial charge in [-0.3, -0.25) is 0 Å². The quantitative estimate of drug-likeness (QED) is 0.370. The third kappa shape index (κ3) is 2.51. The molecule has 0 saturated heterocycles. The highest BCUT2D eigenvalue weighted by molar-refractivity contribution is 6.21. The van der Waals surface area contributed by atoms with E-state index in [9.17, 15) is 0 Å². The third-order valence-corrected chi connectivity index (χ3v) is 5.33. The molecule has 0 N–H and O–H groups in total. The van der Waals surface area contributed by atoms with Crippen LogP contribution in [0.1, 0.15) is 27.8 Å². The fourth-order valence-electron chi connectivity index (χ4n) is 4.25. The fourth-order valence-corrected chi connectivity index (χ4v) is 4.25. The van der Waals surface area contributed by atoms with Crippen LogP contribution in [0.25, 0.3) is 21.9 Å². The number of rotatable bonds is 4. The highest BCUT2D eigenvalue weighted by Crippen LogP contribution is 2.49. The number of hydrogen-bond donors (Lipinski definition) is 0. The zero-order valence-corrected chi connectivity index (χ0v) is 15.3. The van der Waals surface area contributed by atoms with E-state index in [1.807, 2.05) is 0 Å². The van der Waals surface area contributed by atoms with Gasteiger partial charge in [-0.15, -0.1) is 0 Å². The molecule has 4 aromatic rings. The summed E-state index contributed by atoms with van der Waals surface area (Å²) in [6, 6.07) is 32.5. The van der Waals surface area contributed by atoms with Gasteiger partial charge in [0.1, 0.15) is 0 Å². The van der Waals surface area contributed by atoms with Crippen LogP contribution >= 0.6 is 0 Å². The van der Waals surface area contributed by atoms with Crippen LogP contribution in [0.4, 0.5) is 0 Å². The predicted molar refractivity (Wildman–Crippen MR) is 113 cm³/mol. The van der Waals surface area contributed by atoms with E-state index in [0.717, 1.165) is 0 Å². The lowest BCUT2D eigenvalue weighted by molar-refractivity contribution is 0.185. The second-order valence-corrected chi connectivity index (χ2v) is 6.92. The number of benzene rings is 4. The smallest absolute Gasteiger partial charge is 0.0719 e. The number of methoxy groups -OCH3 is 1. The van der Waals surface area contributed by atoms with Gasteiger partial charge in [-0.2, -0.15) is 0 Å². The van der Waals surface area contributed by atoms with Gasteiger partial charge in [-0.05, 0) is 49.7 Å². The molecular formula is C26H20O. The van der Waals surface area contributed by atoms with Gasteiger partial charge in [0.05, 0.1) is 6.61 Å². The van der Waals surface area contributed by atoms with E-state index in [4.69, 9.17) is 4.74 Å². The molecule has 0 unspecified atom stereocenters. The van der Waals surface area contributed by atoms with E-state index in [1.165, 1.54) is 49.7 Å². The first kappa shape index (κ1) is 16.0. The molecule has 0 saturated carbocycles. The molecule has 0 amide bonds. The summed E-state index contributed by atoms with van der Waals surface area (Å²) in [5.74, 6) is 0. The van der Waals surface area contributed by atoms with Crippen LogP contribution in [-0.4, -0.2) is 7.11 Å². The Bertz CT molecular complexity index is 1150. The standard InChI is InChI=1S/C26H20O/c1-27-17-21-16-15-20-13-8-14-22-23(18-9-4-2-5-10-18)25(26(21)24(20)22)19-11-6-3-7-12-19/h2-16H,17H2,1H3. The molecular weight excluding hydrogens is 328 g/mol. The fraction of sp³-hybridized carbons (Fsp3) is 0.0769. The maximum absolute atomic E-state index is 5.55. The van der Waals surface area contributed by atoms with Crippen molar-refractivity contribution < 1.29 is 4.74 Å². The largest absolute Gasteiger partial charge is 0.380 e. The van der Waals surface area contributed by atoms with E-state index in [1.54, 1.807) is 7.11 Å². The van der Waals surface area contributed by atoms with Crippen molar-refractivity contribution in [2.75, 3.05) is 7.11 Å². The topological polar surface area (TPSA) is 9.23 Å². The highest BCUT2D eigenvalue weighted by atomic mass is 16.5. The van der Waals surface area contributed by atoms with Crippen molar-refractivity contribution in [3.05, 3.63) is 119 Å². The summed E-state index contributed by atoms with van der Waals surface area (Å²) >= 11 is 0. The molecule has 0 spiro atoms. The molecule has 5 rings (SSSR count). The molecule has 1 heteroatoms. The average molecular weight is 348 g/mol. The molecule has 4 aromatic carbocycles. The molecule has 1 aliphatic rings. The molecule has 0 aromatic heterocycles. The summed E-state index contributed by atoms with van der Waals surface area (Å²) in [5.41, 5.74) is 8.98. The minimum absolute atomic E-state index is 0.609. The SMILES string of the molecule is COCc1ccc2cccc3c2c1C(c1ccccc1)=C3c1ccccc1. The summed E-state index contributed by atoms with van der Waals surface area (Å²) in [7, 11) is 1.77. The molecule has 130 valence electrons. The zero-order valence-electron chi connectivity index (χ0n) is 15.3.